The van der Waals surface area contributed by atoms with E-state index in [-0.39, 0.29) is 5.56 Å². The van der Waals surface area contributed by atoms with E-state index in [1.54, 1.807) is 0 Å². The molecule has 0 saturated heterocycles. The van der Waals surface area contributed by atoms with E-state index in [1.165, 1.54) is 6.07 Å². The van der Waals surface area contributed by atoms with Crippen LogP contribution in [0.1, 0.15) is 15.9 Å². The molecule has 0 spiro atoms. The zero-order chi connectivity index (χ0) is 14.0. The smallest absolute Gasteiger partial charge is 0.167 e. The third kappa shape index (κ3) is 2.81. The third-order valence-corrected chi connectivity index (χ3v) is 2.64. The van der Waals surface area contributed by atoms with E-state index in [1.807, 2.05) is 0 Å². The summed E-state index contributed by atoms with van der Waals surface area (Å²) in [4.78, 5) is 11.8. The fraction of sp³-hybridized carbons (Fsp3) is 0.0714. The summed E-state index contributed by atoms with van der Waals surface area (Å²) < 4.78 is 52.4. The summed E-state index contributed by atoms with van der Waals surface area (Å²) in [6, 6.07) is 5.79. The van der Waals surface area contributed by atoms with Crippen LogP contribution in [0.3, 0.4) is 0 Å². The van der Waals surface area contributed by atoms with Crippen molar-refractivity contribution in [1.29, 1.82) is 0 Å². The molecular weight excluding hydrogens is 260 g/mol. The van der Waals surface area contributed by atoms with Crippen molar-refractivity contribution in [2.24, 2.45) is 0 Å². The first kappa shape index (κ1) is 13.3. The third-order valence-electron chi connectivity index (χ3n) is 2.64. The number of hydrogen-bond donors (Lipinski definition) is 0. The molecule has 2 aromatic carbocycles. The Labute approximate surface area is 106 Å². The maximum atomic E-state index is 13.3. The summed E-state index contributed by atoms with van der Waals surface area (Å²) in [6.07, 6.45) is -0.552. The van der Waals surface area contributed by atoms with Crippen molar-refractivity contribution in [2.45, 2.75) is 6.42 Å². The molecule has 0 aliphatic heterocycles. The molecule has 1 nitrogen and oxygen atoms in total. The van der Waals surface area contributed by atoms with Crippen molar-refractivity contribution >= 4 is 5.78 Å². The Hall–Kier alpha value is -2.17. The van der Waals surface area contributed by atoms with E-state index < -0.39 is 41.0 Å². The maximum Gasteiger partial charge on any atom is 0.167 e. The number of hydrogen-bond acceptors (Lipinski definition) is 1. The van der Waals surface area contributed by atoms with E-state index >= 15 is 0 Å². The van der Waals surface area contributed by atoms with Gasteiger partial charge >= 0.3 is 0 Å². The molecule has 0 N–H and O–H groups in total. The summed E-state index contributed by atoms with van der Waals surface area (Å²) in [5.74, 6) is -4.66. The van der Waals surface area contributed by atoms with E-state index in [2.05, 4.69) is 0 Å². The van der Waals surface area contributed by atoms with Crippen molar-refractivity contribution in [3.05, 3.63) is 70.8 Å². The Morgan fingerprint density at radius 3 is 2.05 bits per heavy atom. The quantitative estimate of drug-likeness (QED) is 0.613. The minimum atomic E-state index is -1.18. The number of carbonyl (C=O) groups excluding carboxylic acids is 1. The molecule has 5 heteroatoms. The minimum absolute atomic E-state index is 0.137. The van der Waals surface area contributed by atoms with Gasteiger partial charge in [0, 0.05) is 17.5 Å². The summed E-state index contributed by atoms with van der Waals surface area (Å²) >= 11 is 0. The van der Waals surface area contributed by atoms with Crippen LogP contribution in [-0.4, -0.2) is 5.78 Å². The molecule has 2 rings (SSSR count). The molecule has 0 aliphatic rings. The molecule has 0 radical (unpaired) electrons. The maximum absolute atomic E-state index is 13.3. The highest BCUT2D eigenvalue weighted by molar-refractivity contribution is 5.97. The van der Waals surface area contributed by atoms with Crippen LogP contribution in [-0.2, 0) is 6.42 Å². The summed E-state index contributed by atoms with van der Waals surface area (Å²) in [7, 11) is 0. The average Bonchev–Trinajstić information content (AvgIpc) is 2.37. The van der Waals surface area contributed by atoms with Gasteiger partial charge in [0.05, 0.1) is 0 Å². The van der Waals surface area contributed by atoms with Gasteiger partial charge in [-0.15, -0.1) is 0 Å². The largest absolute Gasteiger partial charge is 0.294 e. The van der Waals surface area contributed by atoms with Gasteiger partial charge in [0.2, 0.25) is 0 Å². The number of rotatable bonds is 3. The Morgan fingerprint density at radius 1 is 0.842 bits per heavy atom. The summed E-state index contributed by atoms with van der Waals surface area (Å²) in [5.41, 5.74) is -0.529. The zero-order valence-electron chi connectivity index (χ0n) is 9.59. The van der Waals surface area contributed by atoms with Crippen molar-refractivity contribution in [3.8, 4) is 0 Å². The standard InChI is InChI=1S/C14H8F4O/c15-10-2-1-3-11(16)9(10)7-14(19)8-4-5-12(17)13(18)6-8/h1-6H,7H2. The Kier molecular flexibility index (Phi) is 3.64. The SMILES string of the molecule is O=C(Cc1c(F)cccc1F)c1ccc(F)c(F)c1. The van der Waals surface area contributed by atoms with E-state index in [4.69, 9.17) is 0 Å². The van der Waals surface area contributed by atoms with Crippen LogP contribution in [0.4, 0.5) is 17.6 Å². The van der Waals surface area contributed by atoms with E-state index in [0.717, 1.165) is 24.3 Å². The monoisotopic (exact) mass is 268 g/mol. The van der Waals surface area contributed by atoms with Crippen LogP contribution in [0.15, 0.2) is 36.4 Å². The molecular formula is C14H8F4O. The fourth-order valence-corrected chi connectivity index (χ4v) is 1.63. The van der Waals surface area contributed by atoms with Crippen LogP contribution in [0.2, 0.25) is 0 Å². The first-order valence-corrected chi connectivity index (χ1v) is 5.40. The van der Waals surface area contributed by atoms with Gasteiger partial charge in [-0.2, -0.15) is 0 Å². The number of Topliss-reactive ketones (excluding diaryl/α,β-unsaturated/α-hetero) is 1. The van der Waals surface area contributed by atoms with Crippen LogP contribution in [0, 0.1) is 23.3 Å². The van der Waals surface area contributed by atoms with Gasteiger partial charge in [0.25, 0.3) is 0 Å². The zero-order valence-corrected chi connectivity index (χ0v) is 9.59. The predicted molar refractivity (Wildman–Crippen MR) is 60.8 cm³/mol. The Balaban J connectivity index is 2.28. The first-order valence-electron chi connectivity index (χ1n) is 5.40. The molecule has 2 aromatic rings. The topological polar surface area (TPSA) is 17.1 Å². The minimum Gasteiger partial charge on any atom is -0.294 e. The lowest BCUT2D eigenvalue weighted by atomic mass is 10.0. The molecule has 0 aromatic heterocycles. The van der Waals surface area contributed by atoms with Gasteiger partial charge in [-0.1, -0.05) is 6.07 Å². The second-order valence-corrected chi connectivity index (χ2v) is 3.93. The number of ketones is 1. The number of carbonyl (C=O) groups is 1. The molecule has 0 amide bonds. The fourth-order valence-electron chi connectivity index (χ4n) is 1.63. The van der Waals surface area contributed by atoms with Crippen LogP contribution in [0.5, 0.6) is 0 Å². The van der Waals surface area contributed by atoms with E-state index in [0.29, 0.717) is 6.07 Å². The highest BCUT2D eigenvalue weighted by Crippen LogP contribution is 2.16. The van der Waals surface area contributed by atoms with Crippen molar-refractivity contribution in [2.75, 3.05) is 0 Å². The van der Waals surface area contributed by atoms with Crippen LogP contribution in [0.25, 0.3) is 0 Å². The van der Waals surface area contributed by atoms with Gasteiger partial charge in [-0.3, -0.25) is 4.79 Å². The lowest BCUT2D eigenvalue weighted by molar-refractivity contribution is 0.0990. The van der Waals surface area contributed by atoms with Crippen LogP contribution >= 0.6 is 0 Å². The Morgan fingerprint density at radius 2 is 1.47 bits per heavy atom. The normalized spacial score (nSPS) is 10.5. The van der Waals surface area contributed by atoms with Crippen molar-refractivity contribution in [3.63, 3.8) is 0 Å². The van der Waals surface area contributed by atoms with Crippen LogP contribution < -0.4 is 0 Å². The highest BCUT2D eigenvalue weighted by atomic mass is 19.2. The van der Waals surface area contributed by atoms with Gasteiger partial charge in [-0.25, -0.2) is 17.6 Å². The van der Waals surface area contributed by atoms with E-state index in [9.17, 15) is 22.4 Å². The van der Waals surface area contributed by atoms with Gasteiger partial charge < -0.3 is 0 Å². The lowest BCUT2D eigenvalue weighted by Crippen LogP contribution is -2.08. The average molecular weight is 268 g/mol. The van der Waals surface area contributed by atoms with Crippen molar-refractivity contribution in [1.82, 2.24) is 0 Å². The molecule has 0 atom stereocenters. The molecule has 0 aliphatic carbocycles. The molecule has 0 fully saturated rings. The molecule has 0 heterocycles. The summed E-state index contributed by atoms with van der Waals surface area (Å²) in [5, 5.41) is 0. The molecule has 19 heavy (non-hydrogen) atoms. The lowest BCUT2D eigenvalue weighted by Gasteiger charge is -2.05. The second kappa shape index (κ2) is 5.22. The molecule has 98 valence electrons. The molecule has 0 saturated carbocycles. The van der Waals surface area contributed by atoms with Gasteiger partial charge in [0.15, 0.2) is 17.4 Å². The first-order chi connectivity index (χ1) is 8.99. The summed E-state index contributed by atoms with van der Waals surface area (Å²) in [6.45, 7) is 0. The second-order valence-electron chi connectivity index (χ2n) is 3.93. The number of halogens is 4. The van der Waals surface area contributed by atoms with Gasteiger partial charge in [-0.05, 0) is 30.3 Å². The molecule has 0 unspecified atom stereocenters. The predicted octanol–water partition coefficient (Wildman–Crippen LogP) is 3.67. The Bertz CT molecular complexity index is 617. The highest BCUT2D eigenvalue weighted by Gasteiger charge is 2.15. The molecule has 0 bridgehead atoms. The van der Waals surface area contributed by atoms with Gasteiger partial charge in [0.1, 0.15) is 11.6 Å². The number of benzene rings is 2. The van der Waals surface area contributed by atoms with Crippen molar-refractivity contribution < 1.29 is 22.4 Å².